The molecular weight excluding hydrogens is 268 g/mol. The molecule has 0 aromatic heterocycles. The second-order valence-corrected chi connectivity index (χ2v) is 5.50. The second-order valence-electron chi connectivity index (χ2n) is 5.50. The summed E-state index contributed by atoms with van der Waals surface area (Å²) >= 11 is 0. The lowest BCUT2D eigenvalue weighted by Crippen LogP contribution is -2.43. The van der Waals surface area contributed by atoms with Crippen LogP contribution < -0.4 is 4.74 Å². The zero-order valence-electron chi connectivity index (χ0n) is 12.1. The molecule has 0 unspecified atom stereocenters. The van der Waals surface area contributed by atoms with E-state index in [1.54, 1.807) is 0 Å². The van der Waals surface area contributed by atoms with Crippen molar-refractivity contribution in [1.29, 1.82) is 5.26 Å². The second kappa shape index (κ2) is 7.99. The molecular formula is C16H22N2O3. The van der Waals surface area contributed by atoms with Gasteiger partial charge in [0.05, 0.1) is 18.6 Å². The van der Waals surface area contributed by atoms with Gasteiger partial charge in [-0.25, -0.2) is 0 Å². The molecule has 2 rings (SSSR count). The molecule has 5 nitrogen and oxygen atoms in total. The number of ether oxygens (including phenoxy) is 1. The predicted octanol–water partition coefficient (Wildman–Crippen LogP) is 0.949. The summed E-state index contributed by atoms with van der Waals surface area (Å²) in [5, 5.41) is 28.2. The lowest BCUT2D eigenvalue weighted by Gasteiger charge is -2.31. The Morgan fingerprint density at radius 2 is 2.14 bits per heavy atom. The normalized spacial score (nSPS) is 20.7. The first-order valence-electron chi connectivity index (χ1n) is 7.34. The minimum Gasteiger partial charge on any atom is -0.491 e. The molecule has 1 heterocycles. The number of rotatable bonds is 6. The Labute approximate surface area is 125 Å². The van der Waals surface area contributed by atoms with E-state index in [0.29, 0.717) is 25.3 Å². The topological polar surface area (TPSA) is 76.7 Å². The quantitative estimate of drug-likeness (QED) is 0.815. The SMILES string of the molecule is N#CCc1ccc(OC[C@@H](O)CN2CCC[C@H](O)C2)cc1. The van der Waals surface area contributed by atoms with Crippen LogP contribution in [0.5, 0.6) is 5.75 Å². The van der Waals surface area contributed by atoms with Gasteiger partial charge >= 0.3 is 0 Å². The summed E-state index contributed by atoms with van der Waals surface area (Å²) < 4.78 is 5.55. The summed E-state index contributed by atoms with van der Waals surface area (Å²) in [6.07, 6.45) is 1.35. The van der Waals surface area contributed by atoms with Gasteiger partial charge in [0.15, 0.2) is 0 Å². The Kier molecular flexibility index (Phi) is 6.00. The van der Waals surface area contributed by atoms with Gasteiger partial charge in [0, 0.05) is 13.1 Å². The Bertz CT molecular complexity index is 469. The predicted molar refractivity (Wildman–Crippen MR) is 78.9 cm³/mol. The maximum Gasteiger partial charge on any atom is 0.119 e. The summed E-state index contributed by atoms with van der Waals surface area (Å²) in [5.74, 6) is 0.689. The van der Waals surface area contributed by atoms with E-state index in [-0.39, 0.29) is 12.7 Å². The molecule has 1 aliphatic heterocycles. The van der Waals surface area contributed by atoms with E-state index in [1.165, 1.54) is 0 Å². The molecule has 0 bridgehead atoms. The third kappa shape index (κ3) is 5.35. The number of aliphatic hydroxyl groups excluding tert-OH is 2. The van der Waals surface area contributed by atoms with Crippen molar-refractivity contribution in [2.24, 2.45) is 0 Å². The average Bonchev–Trinajstić information content (AvgIpc) is 2.47. The highest BCUT2D eigenvalue weighted by molar-refractivity contribution is 5.28. The van der Waals surface area contributed by atoms with Crippen molar-refractivity contribution in [3.63, 3.8) is 0 Å². The molecule has 21 heavy (non-hydrogen) atoms. The summed E-state index contributed by atoms with van der Waals surface area (Å²) in [5.41, 5.74) is 0.952. The summed E-state index contributed by atoms with van der Waals surface area (Å²) in [7, 11) is 0. The standard InChI is InChI=1S/C16H22N2O3/c17-8-7-13-3-5-16(6-4-13)21-12-15(20)11-18-9-1-2-14(19)10-18/h3-6,14-15,19-20H,1-2,7,9-12H2/t14-,15-/m0/s1. The van der Waals surface area contributed by atoms with Crippen molar-refractivity contribution in [2.45, 2.75) is 31.5 Å². The third-order valence-electron chi connectivity index (χ3n) is 3.60. The van der Waals surface area contributed by atoms with Crippen LogP contribution in [-0.2, 0) is 6.42 Å². The molecule has 0 aliphatic carbocycles. The molecule has 1 fully saturated rings. The highest BCUT2D eigenvalue weighted by atomic mass is 16.5. The number of benzene rings is 1. The molecule has 0 radical (unpaired) electrons. The van der Waals surface area contributed by atoms with Crippen LogP contribution in [0, 0.1) is 11.3 Å². The van der Waals surface area contributed by atoms with E-state index in [9.17, 15) is 10.2 Å². The number of hydrogen-bond donors (Lipinski definition) is 2. The van der Waals surface area contributed by atoms with E-state index in [0.717, 1.165) is 24.9 Å². The largest absolute Gasteiger partial charge is 0.491 e. The Hall–Kier alpha value is -1.61. The molecule has 5 heteroatoms. The molecule has 0 amide bonds. The maximum atomic E-state index is 10.00. The molecule has 1 aliphatic rings. The Balaban J connectivity index is 1.73. The van der Waals surface area contributed by atoms with Gasteiger partial charge in [-0.2, -0.15) is 5.26 Å². The van der Waals surface area contributed by atoms with E-state index >= 15 is 0 Å². The number of hydrogen-bond acceptors (Lipinski definition) is 5. The Morgan fingerprint density at radius 3 is 2.81 bits per heavy atom. The van der Waals surface area contributed by atoms with Gasteiger partial charge < -0.3 is 14.9 Å². The third-order valence-corrected chi connectivity index (χ3v) is 3.60. The van der Waals surface area contributed by atoms with Crippen molar-refractivity contribution < 1.29 is 14.9 Å². The van der Waals surface area contributed by atoms with Crippen LogP contribution in [0.4, 0.5) is 0 Å². The van der Waals surface area contributed by atoms with Gasteiger partial charge in [0.1, 0.15) is 18.5 Å². The number of β-amino-alcohol motifs (C(OH)–C–C–N with tert-alkyl or cyclic N) is 2. The van der Waals surface area contributed by atoms with Gasteiger partial charge in [0.25, 0.3) is 0 Å². The number of aliphatic hydroxyl groups is 2. The lowest BCUT2D eigenvalue weighted by molar-refractivity contribution is 0.0243. The monoisotopic (exact) mass is 290 g/mol. The minimum absolute atomic E-state index is 0.226. The summed E-state index contributed by atoms with van der Waals surface area (Å²) in [6.45, 7) is 2.28. The molecule has 0 saturated carbocycles. The van der Waals surface area contributed by atoms with Crippen molar-refractivity contribution in [3.8, 4) is 11.8 Å². The van der Waals surface area contributed by atoms with E-state index in [4.69, 9.17) is 10.00 Å². The highest BCUT2D eigenvalue weighted by Crippen LogP contribution is 2.14. The fourth-order valence-electron chi connectivity index (χ4n) is 2.53. The first kappa shape index (κ1) is 15.8. The van der Waals surface area contributed by atoms with Crippen LogP contribution in [0.2, 0.25) is 0 Å². The molecule has 1 aromatic rings. The Morgan fingerprint density at radius 1 is 1.38 bits per heavy atom. The van der Waals surface area contributed by atoms with Crippen LogP contribution in [0.15, 0.2) is 24.3 Å². The lowest BCUT2D eigenvalue weighted by atomic mass is 10.1. The van der Waals surface area contributed by atoms with Crippen molar-refractivity contribution >= 4 is 0 Å². The van der Waals surface area contributed by atoms with Gasteiger partial charge in [-0.05, 0) is 37.1 Å². The number of likely N-dealkylation sites (tertiary alicyclic amines) is 1. The van der Waals surface area contributed by atoms with Crippen LogP contribution >= 0.6 is 0 Å². The van der Waals surface area contributed by atoms with Crippen LogP contribution in [0.1, 0.15) is 18.4 Å². The molecule has 1 aromatic carbocycles. The number of nitriles is 1. The number of piperidine rings is 1. The molecule has 1 saturated heterocycles. The average molecular weight is 290 g/mol. The zero-order valence-corrected chi connectivity index (χ0v) is 12.1. The van der Waals surface area contributed by atoms with Gasteiger partial charge in [-0.3, -0.25) is 4.90 Å². The zero-order chi connectivity index (χ0) is 15.1. The maximum absolute atomic E-state index is 10.00. The first-order valence-corrected chi connectivity index (χ1v) is 7.34. The van der Waals surface area contributed by atoms with Gasteiger partial charge in [-0.15, -0.1) is 0 Å². The van der Waals surface area contributed by atoms with Crippen molar-refractivity contribution in [3.05, 3.63) is 29.8 Å². The smallest absolute Gasteiger partial charge is 0.119 e. The van der Waals surface area contributed by atoms with E-state index in [2.05, 4.69) is 11.0 Å². The van der Waals surface area contributed by atoms with Gasteiger partial charge in [0.2, 0.25) is 0 Å². The number of nitrogens with zero attached hydrogens (tertiary/aromatic N) is 2. The van der Waals surface area contributed by atoms with E-state index < -0.39 is 6.10 Å². The van der Waals surface area contributed by atoms with Crippen LogP contribution in [0.3, 0.4) is 0 Å². The van der Waals surface area contributed by atoms with Crippen LogP contribution in [0.25, 0.3) is 0 Å². The summed E-state index contributed by atoms with van der Waals surface area (Å²) in [4.78, 5) is 2.07. The molecule has 2 N–H and O–H groups in total. The van der Waals surface area contributed by atoms with Crippen molar-refractivity contribution in [2.75, 3.05) is 26.2 Å². The first-order chi connectivity index (χ1) is 10.2. The van der Waals surface area contributed by atoms with Crippen LogP contribution in [-0.4, -0.2) is 53.6 Å². The van der Waals surface area contributed by atoms with E-state index in [1.807, 2.05) is 24.3 Å². The fraction of sp³-hybridized carbons (Fsp3) is 0.562. The molecule has 2 atom stereocenters. The summed E-state index contributed by atoms with van der Waals surface area (Å²) in [6, 6.07) is 9.42. The highest BCUT2D eigenvalue weighted by Gasteiger charge is 2.20. The fourth-order valence-corrected chi connectivity index (χ4v) is 2.53. The van der Waals surface area contributed by atoms with Gasteiger partial charge in [-0.1, -0.05) is 12.1 Å². The minimum atomic E-state index is -0.575. The molecule has 114 valence electrons. The van der Waals surface area contributed by atoms with Crippen molar-refractivity contribution in [1.82, 2.24) is 4.90 Å². The molecule has 0 spiro atoms.